The quantitative estimate of drug-likeness (QED) is 0.358. The van der Waals surface area contributed by atoms with Crippen LogP contribution >= 0.6 is 0 Å². The van der Waals surface area contributed by atoms with Gasteiger partial charge in [-0.3, -0.25) is 0 Å². The average molecular weight is 412 g/mol. The van der Waals surface area contributed by atoms with E-state index in [1.165, 1.54) is 0 Å². The third-order valence-electron chi connectivity index (χ3n) is 5.26. The van der Waals surface area contributed by atoms with Crippen LogP contribution in [0.3, 0.4) is 0 Å². The van der Waals surface area contributed by atoms with Gasteiger partial charge in [0.1, 0.15) is 34.5 Å². The molecule has 156 valence electrons. The molecule has 0 unspecified atom stereocenters. The fraction of sp³-hybridized carbons (Fsp3) is 0.111. The first-order chi connectivity index (χ1) is 14.9. The van der Waals surface area contributed by atoms with E-state index in [0.717, 1.165) is 11.1 Å². The lowest BCUT2D eigenvalue weighted by molar-refractivity contribution is 0.441. The molecule has 0 fully saturated rings. The third kappa shape index (κ3) is 4.64. The average Bonchev–Trinajstić information content (AvgIpc) is 2.78. The van der Waals surface area contributed by atoms with Crippen LogP contribution in [-0.2, 0) is 5.41 Å². The second-order valence-electron chi connectivity index (χ2n) is 7.84. The van der Waals surface area contributed by atoms with Crippen LogP contribution in [0.25, 0.3) is 0 Å². The molecule has 0 heterocycles. The predicted molar refractivity (Wildman–Crippen MR) is 121 cm³/mol. The maximum Gasteiger partial charge on any atom is 0.135 e. The van der Waals surface area contributed by atoms with Gasteiger partial charge in [-0.2, -0.15) is 0 Å². The first kappa shape index (κ1) is 20.4. The molecule has 0 saturated carbocycles. The lowest BCUT2D eigenvalue weighted by Gasteiger charge is -2.28. The summed E-state index contributed by atoms with van der Waals surface area (Å²) in [6.45, 7) is 4.31. The summed E-state index contributed by atoms with van der Waals surface area (Å²) in [7, 11) is 0. The van der Waals surface area contributed by atoms with Crippen molar-refractivity contribution in [3.05, 3.63) is 108 Å². The molecule has 0 bridgehead atoms. The van der Waals surface area contributed by atoms with E-state index in [1.54, 1.807) is 48.5 Å². The molecule has 0 aliphatic carbocycles. The van der Waals surface area contributed by atoms with Crippen LogP contribution in [0.2, 0.25) is 0 Å². The molecule has 4 aromatic carbocycles. The second-order valence-corrected chi connectivity index (χ2v) is 7.84. The minimum Gasteiger partial charge on any atom is -0.508 e. The van der Waals surface area contributed by atoms with E-state index < -0.39 is 0 Å². The van der Waals surface area contributed by atoms with Gasteiger partial charge >= 0.3 is 0 Å². The van der Waals surface area contributed by atoms with Crippen molar-refractivity contribution in [3.63, 3.8) is 0 Å². The minimum atomic E-state index is -0.315. The van der Waals surface area contributed by atoms with E-state index in [-0.39, 0.29) is 16.9 Å². The van der Waals surface area contributed by atoms with Gasteiger partial charge in [-0.05, 0) is 60.2 Å². The molecule has 31 heavy (non-hydrogen) atoms. The van der Waals surface area contributed by atoms with Crippen molar-refractivity contribution in [3.8, 4) is 34.5 Å². The zero-order valence-electron chi connectivity index (χ0n) is 17.4. The maximum absolute atomic E-state index is 9.59. The number of aromatic hydroxyl groups is 2. The van der Waals surface area contributed by atoms with Crippen molar-refractivity contribution < 1.29 is 19.7 Å². The Morgan fingerprint density at radius 1 is 0.581 bits per heavy atom. The molecule has 0 saturated heterocycles. The Kier molecular flexibility index (Phi) is 5.54. The van der Waals surface area contributed by atoms with Crippen LogP contribution in [0.5, 0.6) is 34.5 Å². The summed E-state index contributed by atoms with van der Waals surface area (Å²) in [6, 6.07) is 29.3. The Morgan fingerprint density at radius 3 is 1.68 bits per heavy atom. The molecule has 4 rings (SSSR count). The fourth-order valence-corrected chi connectivity index (χ4v) is 3.47. The van der Waals surface area contributed by atoms with E-state index in [2.05, 4.69) is 26.0 Å². The van der Waals surface area contributed by atoms with Crippen molar-refractivity contribution in [1.29, 1.82) is 0 Å². The van der Waals surface area contributed by atoms with Gasteiger partial charge in [-0.15, -0.1) is 0 Å². The van der Waals surface area contributed by atoms with Crippen LogP contribution in [0.15, 0.2) is 97.1 Å². The number of phenols is 2. The van der Waals surface area contributed by atoms with Gasteiger partial charge in [-0.1, -0.05) is 50.2 Å². The summed E-state index contributed by atoms with van der Waals surface area (Å²) >= 11 is 0. The first-order valence-corrected chi connectivity index (χ1v) is 10.1. The smallest absolute Gasteiger partial charge is 0.135 e. The largest absolute Gasteiger partial charge is 0.508 e. The van der Waals surface area contributed by atoms with Crippen molar-refractivity contribution in [1.82, 2.24) is 0 Å². The molecule has 0 aliphatic heterocycles. The van der Waals surface area contributed by atoms with Crippen molar-refractivity contribution >= 4 is 0 Å². The topological polar surface area (TPSA) is 58.9 Å². The zero-order chi connectivity index (χ0) is 21.8. The molecule has 2 N–H and O–H groups in total. The van der Waals surface area contributed by atoms with Crippen LogP contribution in [0.4, 0.5) is 0 Å². The van der Waals surface area contributed by atoms with E-state index in [1.807, 2.05) is 36.4 Å². The van der Waals surface area contributed by atoms with Crippen LogP contribution in [0.1, 0.15) is 25.0 Å². The summed E-state index contributed by atoms with van der Waals surface area (Å²) in [4.78, 5) is 0. The number of benzene rings is 4. The highest BCUT2D eigenvalue weighted by Gasteiger charge is 2.27. The van der Waals surface area contributed by atoms with Crippen LogP contribution in [-0.4, -0.2) is 10.2 Å². The van der Waals surface area contributed by atoms with E-state index in [4.69, 9.17) is 9.47 Å². The van der Waals surface area contributed by atoms with Gasteiger partial charge in [0.25, 0.3) is 0 Å². The summed E-state index contributed by atoms with van der Waals surface area (Å²) in [5.41, 5.74) is 1.85. The van der Waals surface area contributed by atoms with E-state index >= 15 is 0 Å². The third-order valence-corrected chi connectivity index (χ3v) is 5.26. The number of ether oxygens (including phenoxy) is 2. The van der Waals surface area contributed by atoms with Gasteiger partial charge in [0.05, 0.1) is 0 Å². The Morgan fingerprint density at radius 2 is 1.10 bits per heavy atom. The summed E-state index contributed by atoms with van der Waals surface area (Å²) in [5.74, 6) is 2.88. The number of hydrogen-bond donors (Lipinski definition) is 2. The highest BCUT2D eigenvalue weighted by Crippen LogP contribution is 2.41. The van der Waals surface area contributed by atoms with E-state index in [0.29, 0.717) is 23.0 Å². The molecule has 4 nitrogen and oxygen atoms in total. The first-order valence-electron chi connectivity index (χ1n) is 10.1. The SMILES string of the molecule is CC(C)(c1ccccc1)c1ccc(Oc2ccc(O)cc2)cc1Oc1ccc(O)cc1. The van der Waals surface area contributed by atoms with Gasteiger partial charge in [0.15, 0.2) is 0 Å². The Hall–Kier alpha value is -3.92. The van der Waals surface area contributed by atoms with Crippen LogP contribution in [0, 0.1) is 0 Å². The molecule has 0 aliphatic rings. The minimum absolute atomic E-state index is 0.182. The molecule has 0 radical (unpaired) electrons. The Bertz CT molecular complexity index is 1150. The summed E-state index contributed by atoms with van der Waals surface area (Å²) in [6.07, 6.45) is 0. The standard InChI is InChI=1S/C27H24O4/c1-27(2,19-6-4-3-5-7-19)25-17-16-24(30-22-12-8-20(28)9-13-22)18-26(25)31-23-14-10-21(29)11-15-23/h3-18,28-29H,1-2H3. The molecular formula is C27H24O4. The van der Waals surface area contributed by atoms with Crippen molar-refractivity contribution in [2.45, 2.75) is 19.3 Å². The Labute approximate surface area is 182 Å². The predicted octanol–water partition coefficient (Wildman–Crippen LogP) is 7.01. The highest BCUT2D eigenvalue weighted by atomic mass is 16.5. The van der Waals surface area contributed by atoms with Gasteiger partial charge < -0.3 is 19.7 Å². The molecule has 4 heteroatoms. The number of rotatable bonds is 6. The molecule has 0 amide bonds. The lowest BCUT2D eigenvalue weighted by atomic mass is 9.77. The normalized spacial score (nSPS) is 11.2. The molecule has 0 atom stereocenters. The zero-order valence-corrected chi connectivity index (χ0v) is 17.4. The van der Waals surface area contributed by atoms with Gasteiger partial charge in [-0.25, -0.2) is 0 Å². The van der Waals surface area contributed by atoms with E-state index in [9.17, 15) is 10.2 Å². The van der Waals surface area contributed by atoms with Gasteiger partial charge in [0.2, 0.25) is 0 Å². The maximum atomic E-state index is 9.59. The fourth-order valence-electron chi connectivity index (χ4n) is 3.47. The Balaban J connectivity index is 1.74. The molecule has 0 spiro atoms. The molecule has 0 aromatic heterocycles. The molecule has 4 aromatic rings. The monoisotopic (exact) mass is 412 g/mol. The molecular weight excluding hydrogens is 388 g/mol. The summed E-state index contributed by atoms with van der Waals surface area (Å²) < 4.78 is 12.2. The highest BCUT2D eigenvalue weighted by molar-refractivity contribution is 5.52. The van der Waals surface area contributed by atoms with Crippen molar-refractivity contribution in [2.24, 2.45) is 0 Å². The number of hydrogen-bond acceptors (Lipinski definition) is 4. The number of phenolic OH excluding ortho intramolecular Hbond substituents is 2. The summed E-state index contributed by atoms with van der Waals surface area (Å²) in [5, 5.41) is 19.1. The second kappa shape index (κ2) is 8.44. The van der Waals surface area contributed by atoms with Crippen LogP contribution < -0.4 is 9.47 Å². The lowest BCUT2D eigenvalue weighted by Crippen LogP contribution is -2.19. The van der Waals surface area contributed by atoms with Gasteiger partial charge in [0, 0.05) is 17.0 Å². The van der Waals surface area contributed by atoms with Crippen molar-refractivity contribution in [2.75, 3.05) is 0 Å².